The number of amides is 1. The monoisotopic (exact) mass is 421 g/mol. The molecule has 3 rings (SSSR count). The fourth-order valence-electron chi connectivity index (χ4n) is 2.88. The molecule has 0 aliphatic carbocycles. The Kier molecular flexibility index (Phi) is 5.91. The number of aromatic nitrogens is 2. The highest BCUT2D eigenvalue weighted by molar-refractivity contribution is 6.31. The van der Waals surface area contributed by atoms with Crippen molar-refractivity contribution in [2.24, 2.45) is 0 Å². The fraction of sp³-hybridized carbons (Fsp3) is 0.200. The molecule has 1 heterocycles. The average molecular weight is 422 g/mol. The third kappa shape index (κ3) is 4.13. The molecule has 0 atom stereocenters. The van der Waals surface area contributed by atoms with E-state index in [-0.39, 0.29) is 5.91 Å². The number of halogens is 3. The van der Waals surface area contributed by atoms with Gasteiger partial charge in [-0.15, -0.1) is 0 Å². The molecule has 0 saturated heterocycles. The van der Waals surface area contributed by atoms with E-state index in [0.29, 0.717) is 39.3 Å². The summed E-state index contributed by atoms with van der Waals surface area (Å²) < 4.78 is 20.2. The highest BCUT2D eigenvalue weighted by Crippen LogP contribution is 2.27. The lowest BCUT2D eigenvalue weighted by molar-refractivity contribution is 0.102. The molecule has 0 spiro atoms. The number of hydrogen-bond donors (Lipinski definition) is 1. The van der Waals surface area contributed by atoms with E-state index >= 15 is 0 Å². The van der Waals surface area contributed by atoms with Crippen molar-refractivity contribution in [2.75, 3.05) is 12.4 Å². The van der Waals surface area contributed by atoms with E-state index in [1.807, 2.05) is 6.92 Å². The molecule has 3 aromatic rings. The zero-order chi connectivity index (χ0) is 20.4. The molecule has 2 aromatic carbocycles. The molecule has 1 N–H and O–H groups in total. The van der Waals surface area contributed by atoms with E-state index in [2.05, 4.69) is 10.4 Å². The highest BCUT2D eigenvalue weighted by Gasteiger charge is 2.19. The van der Waals surface area contributed by atoms with Crippen molar-refractivity contribution >= 4 is 34.8 Å². The number of rotatable bonds is 5. The molecule has 0 unspecified atom stereocenters. The Balaban J connectivity index is 1.88. The number of nitrogens with one attached hydrogen (secondary N) is 1. The van der Waals surface area contributed by atoms with Gasteiger partial charge in [-0.2, -0.15) is 5.10 Å². The van der Waals surface area contributed by atoms with Crippen LogP contribution in [0.4, 0.5) is 10.1 Å². The van der Waals surface area contributed by atoms with Gasteiger partial charge in [0.1, 0.15) is 11.6 Å². The summed E-state index contributed by atoms with van der Waals surface area (Å²) in [6.45, 7) is 3.98. The van der Waals surface area contributed by atoms with Crippen LogP contribution in [0.25, 0.3) is 0 Å². The number of hydrogen-bond acceptors (Lipinski definition) is 3. The first-order valence-corrected chi connectivity index (χ1v) is 9.18. The van der Waals surface area contributed by atoms with Gasteiger partial charge in [0.05, 0.1) is 36.3 Å². The van der Waals surface area contributed by atoms with Crippen LogP contribution in [0.15, 0.2) is 36.4 Å². The molecule has 0 aliphatic heterocycles. The largest absolute Gasteiger partial charge is 0.496 e. The van der Waals surface area contributed by atoms with Gasteiger partial charge in [-0.1, -0.05) is 29.3 Å². The lowest BCUT2D eigenvalue weighted by Crippen LogP contribution is -2.14. The van der Waals surface area contributed by atoms with Crippen LogP contribution < -0.4 is 10.1 Å². The molecule has 1 aromatic heterocycles. The zero-order valence-corrected chi connectivity index (χ0v) is 17.0. The molecule has 0 aliphatic rings. The van der Waals surface area contributed by atoms with Crippen molar-refractivity contribution in [2.45, 2.75) is 20.4 Å². The Morgan fingerprint density at radius 3 is 2.64 bits per heavy atom. The van der Waals surface area contributed by atoms with Crippen molar-refractivity contribution in [3.05, 3.63) is 74.8 Å². The lowest BCUT2D eigenvalue weighted by Gasteiger charge is -2.11. The predicted molar refractivity (Wildman–Crippen MR) is 108 cm³/mol. The minimum Gasteiger partial charge on any atom is -0.496 e. The van der Waals surface area contributed by atoms with Gasteiger partial charge >= 0.3 is 0 Å². The molecule has 1 amide bonds. The van der Waals surface area contributed by atoms with Gasteiger partial charge in [-0.05, 0) is 49.7 Å². The van der Waals surface area contributed by atoms with Gasteiger partial charge in [0.15, 0.2) is 0 Å². The summed E-state index contributed by atoms with van der Waals surface area (Å²) in [6, 6.07) is 9.05. The Morgan fingerprint density at radius 1 is 1.21 bits per heavy atom. The van der Waals surface area contributed by atoms with E-state index in [1.165, 1.54) is 19.2 Å². The molecule has 0 fully saturated rings. The van der Waals surface area contributed by atoms with Crippen LogP contribution >= 0.6 is 23.2 Å². The summed E-state index contributed by atoms with van der Waals surface area (Å²) in [5, 5.41) is 8.09. The number of carbonyl (C=O) groups excluding carboxylic acids is 1. The second kappa shape index (κ2) is 8.20. The highest BCUT2D eigenvalue weighted by atomic mass is 35.5. The number of carbonyl (C=O) groups is 1. The number of benzene rings is 2. The average Bonchev–Trinajstić information content (AvgIpc) is 2.91. The first-order valence-electron chi connectivity index (χ1n) is 8.43. The SMILES string of the molecule is COc1ccc(Cl)cc1C(=O)Nc1c(C)nn(Cc2ccc(F)cc2Cl)c1C. The number of nitrogens with zero attached hydrogens (tertiary/aromatic N) is 2. The van der Waals surface area contributed by atoms with Crippen LogP contribution in [0, 0.1) is 19.7 Å². The van der Waals surface area contributed by atoms with Crippen LogP contribution in [0.3, 0.4) is 0 Å². The van der Waals surface area contributed by atoms with Crippen molar-refractivity contribution in [1.82, 2.24) is 9.78 Å². The summed E-state index contributed by atoms with van der Waals surface area (Å²) in [5.41, 5.74) is 3.02. The first kappa shape index (κ1) is 20.2. The van der Waals surface area contributed by atoms with Gasteiger partial charge in [0, 0.05) is 10.0 Å². The third-order valence-electron chi connectivity index (χ3n) is 4.36. The molecule has 146 valence electrons. The molecule has 0 radical (unpaired) electrons. The van der Waals surface area contributed by atoms with Gasteiger partial charge in [-0.3, -0.25) is 9.48 Å². The summed E-state index contributed by atoms with van der Waals surface area (Å²) in [6.07, 6.45) is 0. The first-order chi connectivity index (χ1) is 13.3. The van der Waals surface area contributed by atoms with E-state index in [4.69, 9.17) is 27.9 Å². The van der Waals surface area contributed by atoms with Gasteiger partial charge in [0.25, 0.3) is 5.91 Å². The second-order valence-electron chi connectivity index (χ2n) is 6.24. The van der Waals surface area contributed by atoms with Crippen LogP contribution in [0.5, 0.6) is 5.75 Å². The fourth-order valence-corrected chi connectivity index (χ4v) is 3.28. The Hall–Kier alpha value is -2.57. The normalized spacial score (nSPS) is 10.8. The van der Waals surface area contributed by atoms with Crippen molar-refractivity contribution in [3.63, 3.8) is 0 Å². The zero-order valence-electron chi connectivity index (χ0n) is 15.5. The van der Waals surface area contributed by atoms with Gasteiger partial charge in [0.2, 0.25) is 0 Å². The van der Waals surface area contributed by atoms with Crippen LogP contribution in [0.1, 0.15) is 27.3 Å². The van der Waals surface area contributed by atoms with E-state index in [1.54, 1.807) is 35.9 Å². The number of ether oxygens (including phenoxy) is 1. The molecule has 8 heteroatoms. The van der Waals surface area contributed by atoms with Gasteiger partial charge in [-0.25, -0.2) is 4.39 Å². The number of methoxy groups -OCH3 is 1. The molecule has 5 nitrogen and oxygen atoms in total. The van der Waals surface area contributed by atoms with E-state index in [0.717, 1.165) is 11.3 Å². The Bertz CT molecular complexity index is 1050. The minimum absolute atomic E-state index is 0.321. The van der Waals surface area contributed by atoms with Crippen LogP contribution in [-0.4, -0.2) is 22.8 Å². The third-order valence-corrected chi connectivity index (χ3v) is 4.95. The molecule has 0 bridgehead atoms. The summed E-state index contributed by atoms with van der Waals surface area (Å²) in [5.74, 6) is -0.335. The molecule has 28 heavy (non-hydrogen) atoms. The van der Waals surface area contributed by atoms with E-state index < -0.39 is 5.82 Å². The Morgan fingerprint density at radius 2 is 1.96 bits per heavy atom. The van der Waals surface area contributed by atoms with Crippen molar-refractivity contribution in [3.8, 4) is 5.75 Å². The smallest absolute Gasteiger partial charge is 0.259 e. The van der Waals surface area contributed by atoms with Crippen molar-refractivity contribution in [1.29, 1.82) is 0 Å². The topological polar surface area (TPSA) is 56.1 Å². The minimum atomic E-state index is -0.398. The molecular formula is C20H18Cl2FN3O2. The lowest BCUT2D eigenvalue weighted by atomic mass is 10.1. The summed E-state index contributed by atoms with van der Waals surface area (Å²) >= 11 is 12.1. The summed E-state index contributed by atoms with van der Waals surface area (Å²) in [4.78, 5) is 12.8. The maximum Gasteiger partial charge on any atom is 0.259 e. The van der Waals surface area contributed by atoms with Gasteiger partial charge < -0.3 is 10.1 Å². The maximum atomic E-state index is 13.3. The Labute approximate surface area is 172 Å². The predicted octanol–water partition coefficient (Wildman–Crippen LogP) is 5.26. The molecular weight excluding hydrogens is 404 g/mol. The quantitative estimate of drug-likeness (QED) is 0.611. The maximum absolute atomic E-state index is 13.3. The van der Waals surface area contributed by atoms with Crippen LogP contribution in [0.2, 0.25) is 10.0 Å². The van der Waals surface area contributed by atoms with Crippen LogP contribution in [-0.2, 0) is 6.54 Å². The molecule has 0 saturated carbocycles. The van der Waals surface area contributed by atoms with Crippen molar-refractivity contribution < 1.29 is 13.9 Å². The number of aryl methyl sites for hydroxylation is 1. The number of anilines is 1. The summed E-state index contributed by atoms with van der Waals surface area (Å²) in [7, 11) is 1.49. The second-order valence-corrected chi connectivity index (χ2v) is 7.08. The van der Waals surface area contributed by atoms with E-state index in [9.17, 15) is 9.18 Å². The standard InChI is InChI=1S/C20H18Cl2FN3O2/c1-11-19(24-20(27)16-8-14(21)5-7-18(16)28-3)12(2)26(25-11)10-13-4-6-15(23)9-17(13)22/h4-9H,10H2,1-3H3,(H,24,27).